The number of nitrogens with zero attached hydrogens (tertiary/aromatic N) is 1. The summed E-state index contributed by atoms with van der Waals surface area (Å²) >= 11 is 0. The second kappa shape index (κ2) is 7.25. The van der Waals surface area contributed by atoms with Crippen molar-refractivity contribution in [1.82, 2.24) is 0 Å². The van der Waals surface area contributed by atoms with Gasteiger partial charge in [0, 0.05) is 0 Å². The van der Waals surface area contributed by atoms with Gasteiger partial charge in [0.2, 0.25) is 0 Å². The smallest absolute Gasteiger partial charge is 0.265 e. The maximum absolute atomic E-state index is 12.6. The van der Waals surface area contributed by atoms with E-state index in [1.165, 1.54) is 10.5 Å². The molecule has 6 heteroatoms. The molecule has 2 N–H and O–H groups in total. The van der Waals surface area contributed by atoms with Gasteiger partial charge < -0.3 is 20.1 Å². The van der Waals surface area contributed by atoms with Gasteiger partial charge in [-0.15, -0.1) is 0 Å². The standard InChI is InChI=1S/C19H20N2O4/c1-2-13-7-9-14(10-8-13)24-12-18(22)21-11-17(19(20)23)25-16-6-4-3-5-15(16)21/h3-10,17H,2,11-12H2,1H3,(H2,20,23)/t17-/m1/s1. The Morgan fingerprint density at radius 2 is 1.92 bits per heavy atom. The van der Waals surface area contributed by atoms with Crippen LogP contribution in [0.25, 0.3) is 0 Å². The summed E-state index contributed by atoms with van der Waals surface area (Å²) < 4.78 is 11.1. The number of benzene rings is 2. The lowest BCUT2D eigenvalue weighted by Gasteiger charge is -2.33. The van der Waals surface area contributed by atoms with Crippen LogP contribution in [0.4, 0.5) is 5.69 Å². The minimum Gasteiger partial charge on any atom is -0.484 e. The highest BCUT2D eigenvalue weighted by Crippen LogP contribution is 2.33. The molecule has 130 valence electrons. The summed E-state index contributed by atoms with van der Waals surface area (Å²) in [6.07, 6.45) is 0.0702. The second-order valence-corrected chi connectivity index (χ2v) is 5.77. The fourth-order valence-corrected chi connectivity index (χ4v) is 2.66. The van der Waals surface area contributed by atoms with Crippen molar-refractivity contribution < 1.29 is 19.1 Å². The number of carbonyl (C=O) groups is 2. The van der Waals surface area contributed by atoms with Gasteiger partial charge in [0.1, 0.15) is 11.5 Å². The van der Waals surface area contributed by atoms with Crippen LogP contribution in [0.15, 0.2) is 48.5 Å². The first-order valence-electron chi connectivity index (χ1n) is 8.15. The van der Waals surface area contributed by atoms with Crippen molar-refractivity contribution >= 4 is 17.5 Å². The van der Waals surface area contributed by atoms with Crippen LogP contribution in [-0.2, 0) is 16.0 Å². The fourth-order valence-electron chi connectivity index (χ4n) is 2.66. The van der Waals surface area contributed by atoms with Gasteiger partial charge in [-0.1, -0.05) is 31.2 Å². The van der Waals surface area contributed by atoms with E-state index in [1.54, 1.807) is 24.3 Å². The average Bonchev–Trinajstić information content (AvgIpc) is 2.65. The third-order valence-electron chi connectivity index (χ3n) is 4.09. The van der Waals surface area contributed by atoms with E-state index in [-0.39, 0.29) is 19.1 Å². The van der Waals surface area contributed by atoms with E-state index < -0.39 is 12.0 Å². The van der Waals surface area contributed by atoms with E-state index in [0.717, 1.165) is 6.42 Å². The Labute approximate surface area is 146 Å². The highest BCUT2D eigenvalue weighted by molar-refractivity contribution is 5.98. The van der Waals surface area contributed by atoms with Crippen LogP contribution in [0, 0.1) is 0 Å². The highest BCUT2D eigenvalue weighted by atomic mass is 16.5. The fraction of sp³-hybridized carbons (Fsp3) is 0.263. The Bertz CT molecular complexity index is 773. The molecule has 0 aromatic heterocycles. The molecule has 0 saturated heterocycles. The molecule has 0 unspecified atom stereocenters. The summed E-state index contributed by atoms with van der Waals surface area (Å²) in [7, 11) is 0. The molecule has 0 saturated carbocycles. The van der Waals surface area contributed by atoms with Crippen molar-refractivity contribution in [3.63, 3.8) is 0 Å². The van der Waals surface area contributed by atoms with Gasteiger partial charge in [-0.3, -0.25) is 9.59 Å². The third-order valence-corrected chi connectivity index (χ3v) is 4.09. The summed E-state index contributed by atoms with van der Waals surface area (Å²) in [6, 6.07) is 14.7. The molecule has 0 aliphatic carbocycles. The number of rotatable bonds is 5. The summed E-state index contributed by atoms with van der Waals surface area (Å²) in [5.41, 5.74) is 7.15. The van der Waals surface area contributed by atoms with Crippen LogP contribution in [0.3, 0.4) is 0 Å². The Balaban J connectivity index is 1.72. The molecule has 1 atom stereocenters. The molecular formula is C19H20N2O4. The van der Waals surface area contributed by atoms with Gasteiger partial charge in [-0.05, 0) is 36.2 Å². The topological polar surface area (TPSA) is 81.9 Å². The maximum Gasteiger partial charge on any atom is 0.265 e. The molecule has 0 bridgehead atoms. The Morgan fingerprint density at radius 3 is 2.60 bits per heavy atom. The number of amides is 2. The molecule has 1 aliphatic heterocycles. The van der Waals surface area contributed by atoms with E-state index in [1.807, 2.05) is 24.3 Å². The number of carbonyl (C=O) groups excluding carboxylic acids is 2. The number of hydrogen-bond donors (Lipinski definition) is 1. The number of nitrogens with two attached hydrogens (primary N) is 1. The number of primary amides is 1. The van der Waals surface area contributed by atoms with Crippen molar-refractivity contribution in [3.05, 3.63) is 54.1 Å². The molecule has 2 amide bonds. The SMILES string of the molecule is CCc1ccc(OCC(=O)N2C[C@H](C(N)=O)Oc3ccccc32)cc1. The first kappa shape index (κ1) is 16.8. The minimum atomic E-state index is -0.873. The molecule has 1 aliphatic rings. The quantitative estimate of drug-likeness (QED) is 0.901. The van der Waals surface area contributed by atoms with Crippen LogP contribution >= 0.6 is 0 Å². The molecule has 0 spiro atoms. The maximum atomic E-state index is 12.6. The Kier molecular flexibility index (Phi) is 4.88. The van der Waals surface area contributed by atoms with Crippen LogP contribution in [0.1, 0.15) is 12.5 Å². The average molecular weight is 340 g/mol. The number of aryl methyl sites for hydroxylation is 1. The van der Waals surface area contributed by atoms with Gasteiger partial charge in [0.05, 0.1) is 12.2 Å². The van der Waals surface area contributed by atoms with Crippen molar-refractivity contribution in [1.29, 1.82) is 0 Å². The van der Waals surface area contributed by atoms with E-state index in [2.05, 4.69) is 6.92 Å². The molecule has 2 aromatic carbocycles. The van der Waals surface area contributed by atoms with Gasteiger partial charge in [-0.2, -0.15) is 0 Å². The first-order chi connectivity index (χ1) is 12.1. The lowest BCUT2D eigenvalue weighted by atomic mass is 10.1. The summed E-state index contributed by atoms with van der Waals surface area (Å²) in [4.78, 5) is 25.6. The largest absolute Gasteiger partial charge is 0.484 e. The number of fused-ring (bicyclic) bond motifs is 1. The van der Waals surface area contributed by atoms with E-state index >= 15 is 0 Å². The molecule has 1 heterocycles. The van der Waals surface area contributed by atoms with Gasteiger partial charge in [0.15, 0.2) is 12.7 Å². The molecular weight excluding hydrogens is 320 g/mol. The van der Waals surface area contributed by atoms with Crippen LogP contribution in [-0.4, -0.2) is 31.1 Å². The van der Waals surface area contributed by atoms with Crippen LogP contribution in [0.2, 0.25) is 0 Å². The van der Waals surface area contributed by atoms with E-state index in [9.17, 15) is 9.59 Å². The van der Waals surface area contributed by atoms with E-state index in [4.69, 9.17) is 15.2 Å². The van der Waals surface area contributed by atoms with E-state index in [0.29, 0.717) is 17.2 Å². The predicted molar refractivity (Wildman–Crippen MR) is 93.7 cm³/mol. The van der Waals surface area contributed by atoms with Crippen molar-refractivity contribution in [2.24, 2.45) is 5.73 Å². The molecule has 0 fully saturated rings. The van der Waals surface area contributed by atoms with Gasteiger partial charge in [0.25, 0.3) is 11.8 Å². The number of para-hydroxylation sites is 2. The van der Waals surface area contributed by atoms with Crippen LogP contribution < -0.4 is 20.1 Å². The first-order valence-corrected chi connectivity index (χ1v) is 8.15. The third kappa shape index (κ3) is 3.74. The molecule has 0 radical (unpaired) electrons. The summed E-state index contributed by atoms with van der Waals surface area (Å²) in [5.74, 6) is 0.210. The normalized spacial score (nSPS) is 15.9. The lowest BCUT2D eigenvalue weighted by Crippen LogP contribution is -2.50. The summed E-state index contributed by atoms with van der Waals surface area (Å²) in [5, 5.41) is 0. The molecule has 25 heavy (non-hydrogen) atoms. The monoisotopic (exact) mass is 340 g/mol. The zero-order valence-corrected chi connectivity index (χ0v) is 14.0. The summed E-state index contributed by atoms with van der Waals surface area (Å²) in [6.45, 7) is 2.01. The Hall–Kier alpha value is -3.02. The number of anilines is 1. The van der Waals surface area contributed by atoms with Crippen molar-refractivity contribution in [2.45, 2.75) is 19.4 Å². The number of hydrogen-bond acceptors (Lipinski definition) is 4. The second-order valence-electron chi connectivity index (χ2n) is 5.77. The van der Waals surface area contributed by atoms with Crippen molar-refractivity contribution in [2.75, 3.05) is 18.1 Å². The van der Waals surface area contributed by atoms with Crippen molar-refractivity contribution in [3.8, 4) is 11.5 Å². The molecule has 6 nitrogen and oxygen atoms in total. The minimum absolute atomic E-state index is 0.0727. The van der Waals surface area contributed by atoms with Gasteiger partial charge >= 0.3 is 0 Å². The molecule has 3 rings (SSSR count). The number of ether oxygens (including phenoxy) is 2. The van der Waals surface area contributed by atoms with Crippen LogP contribution in [0.5, 0.6) is 11.5 Å². The zero-order valence-electron chi connectivity index (χ0n) is 14.0. The van der Waals surface area contributed by atoms with Gasteiger partial charge in [-0.25, -0.2) is 0 Å². The Morgan fingerprint density at radius 1 is 1.20 bits per heavy atom. The molecule has 2 aromatic rings. The predicted octanol–water partition coefficient (Wildman–Crippen LogP) is 1.91. The zero-order chi connectivity index (χ0) is 17.8. The highest BCUT2D eigenvalue weighted by Gasteiger charge is 2.32. The lowest BCUT2D eigenvalue weighted by molar-refractivity contribution is -0.125.